The van der Waals surface area contributed by atoms with Crippen LogP contribution in [0, 0.1) is 5.41 Å². The Hall–Kier alpha value is -1.60. The summed E-state index contributed by atoms with van der Waals surface area (Å²) >= 11 is 0. The first-order chi connectivity index (χ1) is 12.8. The van der Waals surface area contributed by atoms with Crippen molar-refractivity contribution in [3.05, 3.63) is 23.8 Å². The molecule has 1 saturated heterocycles. The van der Waals surface area contributed by atoms with E-state index in [9.17, 15) is 9.59 Å². The van der Waals surface area contributed by atoms with Gasteiger partial charge in [0.1, 0.15) is 0 Å². The van der Waals surface area contributed by atoms with Gasteiger partial charge in [-0.3, -0.25) is 9.59 Å². The fourth-order valence-corrected chi connectivity index (χ4v) is 3.83. The standard InChI is InChI=1S/C21H33BO6/c1-10-20(7,22-27-18(3,4)19(5,6)28-22)15-13-21(16(23)25-8,17(24)26-9)12-11-14(15)2/h13H,2,10-12H2,1,3-9H3. The quantitative estimate of drug-likeness (QED) is 0.402. The molecule has 0 aromatic carbocycles. The maximum Gasteiger partial charge on any atom is 0.468 e. The van der Waals surface area contributed by atoms with Gasteiger partial charge in [0.15, 0.2) is 5.41 Å². The summed E-state index contributed by atoms with van der Waals surface area (Å²) in [5.41, 5.74) is -0.822. The molecule has 1 heterocycles. The second-order valence-electron chi connectivity index (χ2n) is 8.98. The maximum atomic E-state index is 12.6. The van der Waals surface area contributed by atoms with E-state index >= 15 is 0 Å². The van der Waals surface area contributed by atoms with E-state index < -0.39 is 41.0 Å². The van der Waals surface area contributed by atoms with E-state index in [2.05, 4.69) is 6.58 Å². The fraction of sp³-hybridized carbons (Fsp3) is 0.714. The molecule has 7 heteroatoms. The smallest absolute Gasteiger partial charge is 0.468 e. The molecule has 1 atom stereocenters. The number of carbonyl (C=O) groups excluding carboxylic acids is 2. The summed E-state index contributed by atoms with van der Waals surface area (Å²) in [5.74, 6) is -1.26. The van der Waals surface area contributed by atoms with Crippen molar-refractivity contribution >= 4 is 19.1 Å². The van der Waals surface area contributed by atoms with Crippen molar-refractivity contribution in [1.82, 2.24) is 0 Å². The topological polar surface area (TPSA) is 71.1 Å². The zero-order valence-electron chi connectivity index (χ0n) is 18.4. The lowest BCUT2D eigenvalue weighted by atomic mass is 9.50. The SMILES string of the molecule is C=C1CCC(C(=O)OC)(C(=O)OC)C=C1C(C)(CC)B1OC(C)(C)C(C)(C)O1. The van der Waals surface area contributed by atoms with Crippen LogP contribution >= 0.6 is 0 Å². The van der Waals surface area contributed by atoms with Gasteiger partial charge in [-0.2, -0.15) is 0 Å². The van der Waals surface area contributed by atoms with Crippen LogP contribution in [-0.2, 0) is 28.4 Å². The third-order valence-electron chi connectivity index (χ3n) is 6.82. The molecule has 1 fully saturated rings. The Balaban J connectivity index is 2.60. The van der Waals surface area contributed by atoms with Gasteiger partial charge in [0.2, 0.25) is 0 Å². The van der Waals surface area contributed by atoms with Crippen LogP contribution in [-0.4, -0.2) is 44.5 Å². The average Bonchev–Trinajstić information content (AvgIpc) is 2.88. The molecule has 6 nitrogen and oxygen atoms in total. The predicted molar refractivity (Wildman–Crippen MR) is 108 cm³/mol. The number of allylic oxidation sites excluding steroid dienone is 2. The zero-order valence-corrected chi connectivity index (χ0v) is 18.4. The molecule has 0 N–H and O–H groups in total. The normalized spacial score (nSPS) is 24.9. The van der Waals surface area contributed by atoms with Gasteiger partial charge in [-0.05, 0) is 52.5 Å². The third-order valence-corrected chi connectivity index (χ3v) is 6.82. The molecule has 2 aliphatic rings. The van der Waals surface area contributed by atoms with Crippen LogP contribution in [0.15, 0.2) is 23.8 Å². The van der Waals surface area contributed by atoms with E-state index in [1.807, 2.05) is 41.5 Å². The monoisotopic (exact) mass is 392 g/mol. The van der Waals surface area contributed by atoms with Gasteiger partial charge in [-0.25, -0.2) is 0 Å². The molecule has 0 amide bonds. The van der Waals surface area contributed by atoms with E-state index in [-0.39, 0.29) is 6.42 Å². The number of carbonyl (C=O) groups is 2. The van der Waals surface area contributed by atoms with Crippen LogP contribution in [0.5, 0.6) is 0 Å². The van der Waals surface area contributed by atoms with Crippen molar-refractivity contribution < 1.29 is 28.4 Å². The number of hydrogen-bond acceptors (Lipinski definition) is 6. The highest BCUT2D eigenvalue weighted by molar-refractivity contribution is 6.51. The van der Waals surface area contributed by atoms with Crippen molar-refractivity contribution in [3.63, 3.8) is 0 Å². The zero-order chi connectivity index (χ0) is 21.5. The van der Waals surface area contributed by atoms with Crippen LogP contribution in [0.4, 0.5) is 0 Å². The second kappa shape index (κ2) is 7.34. The minimum absolute atomic E-state index is 0.262. The van der Waals surface area contributed by atoms with Crippen molar-refractivity contribution in [3.8, 4) is 0 Å². The molecule has 0 aromatic rings. The molecule has 0 aromatic heterocycles. The Morgan fingerprint density at radius 3 is 2.00 bits per heavy atom. The molecule has 0 bridgehead atoms. The number of ether oxygens (including phenoxy) is 2. The Morgan fingerprint density at radius 2 is 1.61 bits per heavy atom. The molecule has 1 aliphatic carbocycles. The first-order valence-electron chi connectivity index (χ1n) is 9.75. The molecule has 2 rings (SSSR count). The Bertz CT molecular complexity index is 676. The van der Waals surface area contributed by atoms with Gasteiger partial charge in [-0.1, -0.05) is 32.1 Å². The van der Waals surface area contributed by atoms with Gasteiger partial charge >= 0.3 is 19.1 Å². The first-order valence-corrected chi connectivity index (χ1v) is 9.75. The summed E-state index contributed by atoms with van der Waals surface area (Å²) in [4.78, 5) is 25.2. The van der Waals surface area contributed by atoms with E-state index in [0.29, 0.717) is 12.8 Å². The van der Waals surface area contributed by atoms with Crippen molar-refractivity contribution in [2.45, 2.75) is 77.3 Å². The Labute approximate surface area is 168 Å². The molecule has 0 saturated carbocycles. The average molecular weight is 392 g/mol. The lowest BCUT2D eigenvalue weighted by Gasteiger charge is -2.40. The van der Waals surface area contributed by atoms with Crippen LogP contribution < -0.4 is 0 Å². The van der Waals surface area contributed by atoms with Crippen molar-refractivity contribution in [1.29, 1.82) is 0 Å². The highest BCUT2D eigenvalue weighted by Gasteiger charge is 2.60. The molecule has 1 aliphatic heterocycles. The van der Waals surface area contributed by atoms with Crippen molar-refractivity contribution in [2.75, 3.05) is 14.2 Å². The highest BCUT2D eigenvalue weighted by atomic mass is 16.7. The predicted octanol–water partition coefficient (Wildman–Crippen LogP) is 3.86. The summed E-state index contributed by atoms with van der Waals surface area (Å²) in [7, 11) is 2.01. The largest absolute Gasteiger partial charge is 0.468 e. The third kappa shape index (κ3) is 3.33. The van der Waals surface area contributed by atoms with Gasteiger partial charge in [-0.15, -0.1) is 0 Å². The highest BCUT2D eigenvalue weighted by Crippen LogP contribution is 2.55. The van der Waals surface area contributed by atoms with Gasteiger partial charge < -0.3 is 18.8 Å². The summed E-state index contributed by atoms with van der Waals surface area (Å²) in [6, 6.07) is 0. The molecule has 28 heavy (non-hydrogen) atoms. The summed E-state index contributed by atoms with van der Waals surface area (Å²) in [6.07, 6.45) is 3.08. The number of esters is 2. The lowest BCUT2D eigenvalue weighted by molar-refractivity contribution is -0.165. The lowest BCUT2D eigenvalue weighted by Crippen LogP contribution is -2.44. The van der Waals surface area contributed by atoms with Gasteiger partial charge in [0, 0.05) is 5.31 Å². The summed E-state index contributed by atoms with van der Waals surface area (Å²) < 4.78 is 22.6. The number of hydrogen-bond donors (Lipinski definition) is 0. The molecule has 156 valence electrons. The second-order valence-corrected chi connectivity index (χ2v) is 8.98. The van der Waals surface area contributed by atoms with Gasteiger partial charge in [0.05, 0.1) is 25.4 Å². The van der Waals surface area contributed by atoms with Crippen LogP contribution in [0.1, 0.15) is 60.8 Å². The number of methoxy groups -OCH3 is 2. The summed E-state index contributed by atoms with van der Waals surface area (Å²) in [5, 5.41) is -0.601. The van der Waals surface area contributed by atoms with E-state index in [1.165, 1.54) is 14.2 Å². The number of rotatable bonds is 5. The molecular formula is C21H33BO6. The maximum absolute atomic E-state index is 12.6. The molecule has 0 spiro atoms. The van der Waals surface area contributed by atoms with Crippen molar-refractivity contribution in [2.24, 2.45) is 5.41 Å². The van der Waals surface area contributed by atoms with Crippen LogP contribution in [0.25, 0.3) is 0 Å². The Kier molecular flexibility index (Phi) is 5.95. The van der Waals surface area contributed by atoms with Gasteiger partial charge in [0.25, 0.3) is 0 Å². The molecular weight excluding hydrogens is 359 g/mol. The van der Waals surface area contributed by atoms with E-state index in [0.717, 1.165) is 11.1 Å². The minimum atomic E-state index is -1.49. The minimum Gasteiger partial charge on any atom is -0.468 e. The fourth-order valence-electron chi connectivity index (χ4n) is 3.83. The van der Waals surface area contributed by atoms with E-state index in [4.69, 9.17) is 18.8 Å². The van der Waals surface area contributed by atoms with E-state index in [1.54, 1.807) is 6.08 Å². The summed E-state index contributed by atoms with van der Waals surface area (Å²) in [6.45, 7) is 16.3. The molecule has 0 radical (unpaired) electrons. The Morgan fingerprint density at radius 1 is 1.14 bits per heavy atom. The molecule has 1 unspecified atom stereocenters. The van der Waals surface area contributed by atoms with Crippen LogP contribution in [0.3, 0.4) is 0 Å². The van der Waals surface area contributed by atoms with Crippen LogP contribution in [0.2, 0.25) is 5.31 Å². The first kappa shape index (κ1) is 22.7.